The molecule has 2 rings (SSSR count). The van der Waals surface area contributed by atoms with Gasteiger partial charge in [0.25, 0.3) is 0 Å². The molecule has 1 heterocycles. The number of hydrogen-bond donors (Lipinski definition) is 1. The number of nitrogens with one attached hydrogen (secondary N) is 1. The fourth-order valence-corrected chi connectivity index (χ4v) is 1.70. The van der Waals surface area contributed by atoms with Gasteiger partial charge in [0.05, 0.1) is 0 Å². The molecule has 0 radical (unpaired) electrons. The quantitative estimate of drug-likeness (QED) is 0.872. The maximum absolute atomic E-state index is 4.15. The summed E-state index contributed by atoms with van der Waals surface area (Å²) in [6, 6.07) is 12.4. The molecule has 1 aromatic carbocycles. The number of rotatable bonds is 4. The van der Waals surface area contributed by atoms with Gasteiger partial charge in [-0.25, -0.2) is 9.97 Å². The van der Waals surface area contributed by atoms with E-state index in [9.17, 15) is 0 Å². The van der Waals surface area contributed by atoms with Crippen LogP contribution in [0.5, 0.6) is 0 Å². The fourth-order valence-electron chi connectivity index (χ4n) is 1.70. The first-order valence-corrected chi connectivity index (χ1v) is 5.74. The van der Waals surface area contributed by atoms with E-state index in [0.29, 0.717) is 0 Å². The van der Waals surface area contributed by atoms with Gasteiger partial charge in [-0.15, -0.1) is 0 Å². The first-order valence-electron chi connectivity index (χ1n) is 5.74. The predicted molar refractivity (Wildman–Crippen MR) is 70.0 cm³/mol. The maximum atomic E-state index is 4.15. The van der Waals surface area contributed by atoms with Gasteiger partial charge in [-0.05, 0) is 11.6 Å². The Labute approximate surface area is 102 Å². The fraction of sp³-hybridized carbons (Fsp3) is 0.286. The summed E-state index contributed by atoms with van der Waals surface area (Å²) >= 11 is 0. The van der Waals surface area contributed by atoms with Crippen LogP contribution >= 0.6 is 0 Å². The molecule has 0 aliphatic carbocycles. The minimum atomic E-state index is 0.0756. The molecule has 2 aromatic rings. The molecule has 88 valence electrons. The summed E-state index contributed by atoms with van der Waals surface area (Å²) in [7, 11) is 0. The average Bonchev–Trinajstić information content (AvgIpc) is 2.39. The summed E-state index contributed by atoms with van der Waals surface area (Å²) in [4.78, 5) is 8.05. The number of nitrogens with zero attached hydrogens (tertiary/aromatic N) is 2. The van der Waals surface area contributed by atoms with Gasteiger partial charge in [0.1, 0.15) is 12.1 Å². The second-order valence-electron chi connectivity index (χ2n) is 4.70. The molecule has 0 atom stereocenters. The first kappa shape index (κ1) is 11.6. The third kappa shape index (κ3) is 3.03. The molecule has 0 bridgehead atoms. The van der Waals surface area contributed by atoms with Crippen molar-refractivity contribution in [2.75, 3.05) is 11.9 Å². The Morgan fingerprint density at radius 2 is 1.88 bits per heavy atom. The molecule has 0 saturated heterocycles. The van der Waals surface area contributed by atoms with Crippen molar-refractivity contribution in [3.8, 4) is 0 Å². The lowest BCUT2D eigenvalue weighted by atomic mass is 9.85. The van der Waals surface area contributed by atoms with Gasteiger partial charge in [-0.2, -0.15) is 0 Å². The largest absolute Gasteiger partial charge is 0.369 e. The van der Waals surface area contributed by atoms with Crippen molar-refractivity contribution in [1.82, 2.24) is 9.97 Å². The Morgan fingerprint density at radius 3 is 2.53 bits per heavy atom. The normalized spacial score (nSPS) is 11.2. The zero-order valence-corrected chi connectivity index (χ0v) is 10.2. The third-order valence-electron chi connectivity index (χ3n) is 2.85. The lowest BCUT2D eigenvalue weighted by Gasteiger charge is -2.25. The SMILES string of the molecule is CC(C)(CNc1ccncn1)c1ccccc1. The van der Waals surface area contributed by atoms with Crippen LogP contribution in [0.4, 0.5) is 5.82 Å². The lowest BCUT2D eigenvalue weighted by Crippen LogP contribution is -2.27. The van der Waals surface area contributed by atoms with E-state index < -0.39 is 0 Å². The topological polar surface area (TPSA) is 37.8 Å². The van der Waals surface area contributed by atoms with Crippen molar-refractivity contribution in [2.45, 2.75) is 19.3 Å². The maximum Gasteiger partial charge on any atom is 0.129 e. The van der Waals surface area contributed by atoms with E-state index in [1.54, 1.807) is 12.5 Å². The lowest BCUT2D eigenvalue weighted by molar-refractivity contribution is 0.556. The zero-order valence-electron chi connectivity index (χ0n) is 10.2. The van der Waals surface area contributed by atoms with Gasteiger partial charge in [0.2, 0.25) is 0 Å². The molecule has 0 spiro atoms. The van der Waals surface area contributed by atoms with Crippen molar-refractivity contribution < 1.29 is 0 Å². The van der Waals surface area contributed by atoms with E-state index in [-0.39, 0.29) is 5.41 Å². The summed E-state index contributed by atoms with van der Waals surface area (Å²) in [6.07, 6.45) is 3.29. The zero-order chi connectivity index (χ0) is 12.1. The van der Waals surface area contributed by atoms with Crippen molar-refractivity contribution in [2.24, 2.45) is 0 Å². The molecule has 0 aliphatic heterocycles. The molecule has 1 N–H and O–H groups in total. The highest BCUT2D eigenvalue weighted by Gasteiger charge is 2.19. The third-order valence-corrected chi connectivity index (χ3v) is 2.85. The van der Waals surface area contributed by atoms with Crippen LogP contribution in [0, 0.1) is 0 Å². The van der Waals surface area contributed by atoms with Gasteiger partial charge in [0.15, 0.2) is 0 Å². The average molecular weight is 227 g/mol. The van der Waals surface area contributed by atoms with Crippen LogP contribution in [0.15, 0.2) is 48.9 Å². The molecule has 3 heteroatoms. The van der Waals surface area contributed by atoms with E-state index in [1.165, 1.54) is 5.56 Å². The first-order chi connectivity index (χ1) is 8.18. The number of aromatic nitrogens is 2. The molecule has 17 heavy (non-hydrogen) atoms. The molecule has 0 unspecified atom stereocenters. The highest BCUT2D eigenvalue weighted by molar-refractivity contribution is 5.34. The predicted octanol–water partition coefficient (Wildman–Crippen LogP) is 2.87. The highest BCUT2D eigenvalue weighted by Crippen LogP contribution is 2.22. The Balaban J connectivity index is 2.03. The minimum absolute atomic E-state index is 0.0756. The summed E-state index contributed by atoms with van der Waals surface area (Å²) in [6.45, 7) is 5.28. The number of anilines is 1. The van der Waals surface area contributed by atoms with Crippen LogP contribution in [-0.4, -0.2) is 16.5 Å². The Morgan fingerprint density at radius 1 is 1.12 bits per heavy atom. The van der Waals surface area contributed by atoms with Crippen LogP contribution in [0.2, 0.25) is 0 Å². The van der Waals surface area contributed by atoms with E-state index in [4.69, 9.17) is 0 Å². The van der Waals surface area contributed by atoms with E-state index in [1.807, 2.05) is 12.1 Å². The Kier molecular flexibility index (Phi) is 3.38. The van der Waals surface area contributed by atoms with Crippen molar-refractivity contribution >= 4 is 5.82 Å². The van der Waals surface area contributed by atoms with Gasteiger partial charge >= 0.3 is 0 Å². The van der Waals surface area contributed by atoms with Crippen LogP contribution < -0.4 is 5.32 Å². The minimum Gasteiger partial charge on any atom is -0.369 e. The monoisotopic (exact) mass is 227 g/mol. The number of benzene rings is 1. The summed E-state index contributed by atoms with van der Waals surface area (Å²) in [5, 5.41) is 3.33. The Hall–Kier alpha value is -1.90. The van der Waals surface area contributed by atoms with Crippen molar-refractivity contribution in [1.29, 1.82) is 0 Å². The van der Waals surface area contributed by atoms with Gasteiger partial charge in [-0.1, -0.05) is 44.2 Å². The van der Waals surface area contributed by atoms with Crippen LogP contribution in [0.25, 0.3) is 0 Å². The van der Waals surface area contributed by atoms with E-state index in [0.717, 1.165) is 12.4 Å². The smallest absolute Gasteiger partial charge is 0.129 e. The second-order valence-corrected chi connectivity index (χ2v) is 4.70. The summed E-state index contributed by atoms with van der Waals surface area (Å²) in [5.41, 5.74) is 1.40. The van der Waals surface area contributed by atoms with E-state index in [2.05, 4.69) is 53.4 Å². The van der Waals surface area contributed by atoms with E-state index >= 15 is 0 Å². The highest BCUT2D eigenvalue weighted by atomic mass is 15.0. The molecular formula is C14H17N3. The molecule has 0 amide bonds. The standard InChI is InChI=1S/C14H17N3/c1-14(2,12-6-4-3-5-7-12)10-16-13-8-9-15-11-17-13/h3-9,11H,10H2,1-2H3,(H,15,16,17). The Bertz CT molecular complexity index is 451. The molecule has 0 saturated carbocycles. The molecule has 0 aliphatic rings. The van der Waals surface area contributed by atoms with Crippen LogP contribution in [0.1, 0.15) is 19.4 Å². The summed E-state index contributed by atoms with van der Waals surface area (Å²) in [5.74, 6) is 0.865. The number of hydrogen-bond acceptors (Lipinski definition) is 3. The molecule has 3 nitrogen and oxygen atoms in total. The van der Waals surface area contributed by atoms with Crippen molar-refractivity contribution in [3.63, 3.8) is 0 Å². The van der Waals surface area contributed by atoms with Crippen molar-refractivity contribution in [3.05, 3.63) is 54.5 Å². The molecule has 0 fully saturated rings. The molecule has 1 aromatic heterocycles. The second kappa shape index (κ2) is 4.95. The van der Waals surface area contributed by atoms with Gasteiger partial charge in [0, 0.05) is 18.2 Å². The summed E-state index contributed by atoms with van der Waals surface area (Å²) < 4.78 is 0. The van der Waals surface area contributed by atoms with Gasteiger partial charge < -0.3 is 5.32 Å². The van der Waals surface area contributed by atoms with Crippen LogP contribution in [-0.2, 0) is 5.41 Å². The van der Waals surface area contributed by atoms with Crippen LogP contribution in [0.3, 0.4) is 0 Å². The molecular weight excluding hydrogens is 210 g/mol. The van der Waals surface area contributed by atoms with Gasteiger partial charge in [-0.3, -0.25) is 0 Å².